The fourth-order valence-corrected chi connectivity index (χ4v) is 4.01. The van der Waals surface area contributed by atoms with Crippen LogP contribution in [0.25, 0.3) is 0 Å². The van der Waals surface area contributed by atoms with Crippen molar-refractivity contribution in [3.63, 3.8) is 0 Å². The quantitative estimate of drug-likeness (QED) is 0.551. The molecule has 0 N–H and O–H groups in total. The van der Waals surface area contributed by atoms with Crippen molar-refractivity contribution in [3.8, 4) is 5.75 Å². The molecule has 2 atom stereocenters. The lowest BCUT2D eigenvalue weighted by Gasteiger charge is -2.37. The monoisotopic (exact) mass is 402 g/mol. The van der Waals surface area contributed by atoms with Crippen molar-refractivity contribution in [2.45, 2.75) is 25.6 Å². The average molecular weight is 403 g/mol. The van der Waals surface area contributed by atoms with Crippen molar-refractivity contribution in [3.05, 3.63) is 100 Å². The largest absolute Gasteiger partial charge is 0.461 e. The number of fused-ring (bicyclic) bond motifs is 3. The van der Waals surface area contributed by atoms with Crippen LogP contribution in [0.1, 0.15) is 39.5 Å². The molecular formula is C24H19ClN2O2. The fourth-order valence-electron chi connectivity index (χ4n) is 3.88. The zero-order chi connectivity index (χ0) is 20.0. The lowest BCUT2D eigenvalue weighted by Crippen LogP contribution is -2.45. The first-order chi connectivity index (χ1) is 14.1. The van der Waals surface area contributed by atoms with Crippen LogP contribution in [0.15, 0.2) is 77.9 Å². The minimum absolute atomic E-state index is 0.0301. The van der Waals surface area contributed by atoms with Crippen LogP contribution in [0, 0.1) is 6.92 Å². The number of hydrogen-bond acceptors (Lipinski definition) is 4. The van der Waals surface area contributed by atoms with Gasteiger partial charge in [0.1, 0.15) is 5.75 Å². The zero-order valence-electron chi connectivity index (χ0n) is 15.9. The number of hydrazone groups is 1. The number of carbonyl (C=O) groups is 1. The van der Waals surface area contributed by atoms with Gasteiger partial charge in [0.15, 0.2) is 0 Å². The molecule has 0 spiro atoms. The number of ether oxygens (including phenoxy) is 1. The van der Waals surface area contributed by atoms with Gasteiger partial charge in [-0.15, -0.1) is 0 Å². The van der Waals surface area contributed by atoms with E-state index in [4.69, 9.17) is 21.4 Å². The first-order valence-corrected chi connectivity index (χ1v) is 9.96. The summed E-state index contributed by atoms with van der Waals surface area (Å²) in [5.41, 5.74) is 4.84. The van der Waals surface area contributed by atoms with E-state index in [9.17, 15) is 4.79 Å². The smallest absolute Gasteiger partial charge is 0.251 e. The Balaban J connectivity index is 1.55. The highest BCUT2D eigenvalue weighted by atomic mass is 35.5. The standard InChI is InChI=1S/C24H19ClN2O2/c1-15-6-8-16(9-7-15)20-14-21-19-4-2-3-5-22(19)29-24(27(21)26-20)23(28)17-10-12-18(25)13-11-17/h2-13,21,24H,14H2,1H3/t21-,24-/m0/s1. The molecule has 5 heteroatoms. The SMILES string of the molecule is Cc1ccc(C2=NN3[C@H](C(=O)c4ccc(Cl)cc4)Oc4ccccc4[C@@H]3C2)cc1. The molecule has 0 saturated carbocycles. The van der Waals surface area contributed by atoms with Crippen LogP contribution in [0.5, 0.6) is 5.75 Å². The molecule has 0 unspecified atom stereocenters. The Morgan fingerprint density at radius 2 is 1.76 bits per heavy atom. The van der Waals surface area contributed by atoms with Crippen molar-refractivity contribution < 1.29 is 9.53 Å². The predicted molar refractivity (Wildman–Crippen MR) is 114 cm³/mol. The summed E-state index contributed by atoms with van der Waals surface area (Å²) in [6.07, 6.45) is -0.0765. The summed E-state index contributed by atoms with van der Waals surface area (Å²) >= 11 is 5.98. The van der Waals surface area contributed by atoms with Crippen molar-refractivity contribution in [1.29, 1.82) is 0 Å². The van der Waals surface area contributed by atoms with Gasteiger partial charge in [0, 0.05) is 22.6 Å². The summed E-state index contributed by atoms with van der Waals surface area (Å²) in [6.45, 7) is 2.06. The molecule has 2 aliphatic heterocycles. The number of ketones is 1. The summed E-state index contributed by atoms with van der Waals surface area (Å²) in [7, 11) is 0. The van der Waals surface area contributed by atoms with Gasteiger partial charge < -0.3 is 4.74 Å². The maximum Gasteiger partial charge on any atom is 0.251 e. The maximum atomic E-state index is 13.3. The molecule has 0 amide bonds. The van der Waals surface area contributed by atoms with Crippen molar-refractivity contribution in [1.82, 2.24) is 5.01 Å². The van der Waals surface area contributed by atoms with Crippen LogP contribution < -0.4 is 4.74 Å². The Labute approximate surface area is 174 Å². The number of aryl methyl sites for hydroxylation is 1. The van der Waals surface area contributed by atoms with E-state index in [1.807, 2.05) is 29.3 Å². The van der Waals surface area contributed by atoms with Crippen molar-refractivity contribution in [2.24, 2.45) is 5.10 Å². The third-order valence-corrected chi connectivity index (χ3v) is 5.69. The molecule has 4 nitrogen and oxygen atoms in total. The van der Waals surface area contributed by atoms with Crippen LogP contribution >= 0.6 is 11.6 Å². The van der Waals surface area contributed by atoms with E-state index < -0.39 is 6.23 Å². The first kappa shape index (κ1) is 18.0. The summed E-state index contributed by atoms with van der Waals surface area (Å²) in [6, 6.07) is 23.0. The molecule has 0 fully saturated rings. The number of Topliss-reactive ketones (excluding diaryl/α,β-unsaturated/α-hetero) is 1. The number of halogens is 1. The Morgan fingerprint density at radius 3 is 2.52 bits per heavy atom. The number of nitrogens with zero attached hydrogens (tertiary/aromatic N) is 2. The second-order valence-electron chi connectivity index (χ2n) is 7.39. The molecule has 0 saturated heterocycles. The topological polar surface area (TPSA) is 41.9 Å². The first-order valence-electron chi connectivity index (χ1n) is 9.58. The summed E-state index contributed by atoms with van der Waals surface area (Å²) < 4.78 is 6.13. The van der Waals surface area contributed by atoms with E-state index in [0.29, 0.717) is 10.6 Å². The van der Waals surface area contributed by atoms with Crippen LogP contribution in [-0.4, -0.2) is 22.7 Å². The lowest BCUT2D eigenvalue weighted by molar-refractivity contribution is -0.00455. The number of benzene rings is 3. The van der Waals surface area contributed by atoms with Gasteiger partial charge in [0.25, 0.3) is 6.23 Å². The van der Waals surface area contributed by atoms with Crippen molar-refractivity contribution in [2.75, 3.05) is 0 Å². The van der Waals surface area contributed by atoms with Gasteiger partial charge in [0.2, 0.25) is 5.78 Å². The minimum Gasteiger partial charge on any atom is -0.461 e. The van der Waals surface area contributed by atoms with Gasteiger partial charge in [-0.3, -0.25) is 4.79 Å². The highest BCUT2D eigenvalue weighted by Gasteiger charge is 2.43. The van der Waals surface area contributed by atoms with E-state index in [1.54, 1.807) is 24.3 Å². The Morgan fingerprint density at radius 1 is 1.03 bits per heavy atom. The molecule has 0 aliphatic carbocycles. The molecular weight excluding hydrogens is 384 g/mol. The minimum atomic E-state index is -0.806. The molecule has 0 radical (unpaired) electrons. The normalized spacial score (nSPS) is 19.8. The molecule has 144 valence electrons. The third-order valence-electron chi connectivity index (χ3n) is 5.44. The van der Waals surface area contributed by atoms with E-state index in [0.717, 1.165) is 29.0 Å². The molecule has 5 rings (SSSR count). The Kier molecular flexibility index (Phi) is 4.36. The van der Waals surface area contributed by atoms with Gasteiger partial charge >= 0.3 is 0 Å². The fraction of sp³-hybridized carbons (Fsp3) is 0.167. The van der Waals surface area contributed by atoms with Crippen LogP contribution in [0.2, 0.25) is 5.02 Å². The number of para-hydroxylation sites is 1. The van der Waals surface area contributed by atoms with Gasteiger partial charge in [-0.25, -0.2) is 5.01 Å². The van der Waals surface area contributed by atoms with Gasteiger partial charge in [-0.05, 0) is 42.8 Å². The number of hydrogen-bond donors (Lipinski definition) is 0. The third kappa shape index (κ3) is 3.19. The second-order valence-corrected chi connectivity index (χ2v) is 7.83. The second kappa shape index (κ2) is 7.05. The van der Waals surface area contributed by atoms with E-state index >= 15 is 0 Å². The highest BCUT2D eigenvalue weighted by molar-refractivity contribution is 6.30. The molecule has 2 heterocycles. The van der Waals surface area contributed by atoms with Gasteiger partial charge in [-0.2, -0.15) is 5.10 Å². The van der Waals surface area contributed by atoms with E-state index in [1.165, 1.54) is 5.56 Å². The molecule has 3 aromatic carbocycles. The Bertz CT molecular complexity index is 1110. The Hall–Kier alpha value is -3.11. The lowest BCUT2D eigenvalue weighted by atomic mass is 9.95. The molecule has 3 aromatic rings. The molecule has 29 heavy (non-hydrogen) atoms. The van der Waals surface area contributed by atoms with Gasteiger partial charge in [0.05, 0.1) is 11.8 Å². The number of carbonyl (C=O) groups excluding carboxylic acids is 1. The van der Waals surface area contributed by atoms with Crippen molar-refractivity contribution >= 4 is 23.1 Å². The molecule has 0 bridgehead atoms. The number of rotatable bonds is 3. The molecule has 0 aromatic heterocycles. The highest BCUT2D eigenvalue weighted by Crippen LogP contribution is 2.43. The van der Waals surface area contributed by atoms with Crippen LogP contribution in [0.3, 0.4) is 0 Å². The van der Waals surface area contributed by atoms with Crippen LogP contribution in [0.4, 0.5) is 0 Å². The summed E-state index contributed by atoms with van der Waals surface area (Å²) in [4.78, 5) is 13.3. The predicted octanol–water partition coefficient (Wildman–Crippen LogP) is 5.40. The average Bonchev–Trinajstić information content (AvgIpc) is 3.19. The maximum absolute atomic E-state index is 13.3. The summed E-state index contributed by atoms with van der Waals surface area (Å²) in [5.74, 6) is 0.608. The van der Waals surface area contributed by atoms with Gasteiger partial charge in [-0.1, -0.05) is 59.6 Å². The van der Waals surface area contributed by atoms with E-state index in [2.05, 4.69) is 31.2 Å². The zero-order valence-corrected chi connectivity index (χ0v) is 16.6. The van der Waals surface area contributed by atoms with E-state index in [-0.39, 0.29) is 11.8 Å². The molecule has 2 aliphatic rings. The summed E-state index contributed by atoms with van der Waals surface area (Å²) in [5, 5.41) is 7.24. The van der Waals surface area contributed by atoms with Crippen LogP contribution in [-0.2, 0) is 0 Å².